The molecule has 0 heterocycles. The van der Waals surface area contributed by atoms with Crippen LogP contribution in [0.3, 0.4) is 0 Å². The summed E-state index contributed by atoms with van der Waals surface area (Å²) in [5.74, 6) is 0.823. The zero-order valence-electron chi connectivity index (χ0n) is 15.2. The Hall–Kier alpha value is -0.580. The van der Waals surface area contributed by atoms with Gasteiger partial charge in [0.1, 0.15) is 18.5 Å². The normalized spacial score (nSPS) is 21.4. The fourth-order valence-corrected chi connectivity index (χ4v) is 4.71. The Bertz CT molecular complexity index is 477. The second-order valence-corrected chi connectivity index (χ2v) is 8.61. The first-order valence-corrected chi connectivity index (χ1v) is 10.8. The fourth-order valence-electron chi connectivity index (χ4n) is 4.44. The largest absolute Gasteiger partial charge is 0.491 e. The van der Waals surface area contributed by atoms with Crippen molar-refractivity contribution in [3.63, 3.8) is 0 Å². The Morgan fingerprint density at radius 2 is 1.44 bits per heavy atom. The number of rotatable bonds is 7. The van der Waals surface area contributed by atoms with Gasteiger partial charge >= 0.3 is 0 Å². The summed E-state index contributed by atoms with van der Waals surface area (Å²) in [6.45, 7) is 1.13. The van der Waals surface area contributed by atoms with Crippen LogP contribution in [0.2, 0.25) is 0 Å². The van der Waals surface area contributed by atoms with E-state index in [2.05, 4.69) is 20.8 Å². The van der Waals surface area contributed by atoms with E-state index in [1.807, 2.05) is 24.3 Å². The molecule has 1 N–H and O–H groups in total. The van der Waals surface area contributed by atoms with Crippen LogP contribution in [0.1, 0.15) is 64.2 Å². The van der Waals surface area contributed by atoms with Crippen molar-refractivity contribution in [3.8, 4) is 5.75 Å². The van der Waals surface area contributed by atoms with E-state index in [4.69, 9.17) is 4.74 Å². The molecule has 1 atom stereocenters. The molecule has 0 aliphatic heterocycles. The van der Waals surface area contributed by atoms with Gasteiger partial charge < -0.3 is 9.84 Å². The molecule has 0 radical (unpaired) electrons. The van der Waals surface area contributed by atoms with Gasteiger partial charge in [-0.25, -0.2) is 0 Å². The molecule has 0 saturated heterocycles. The van der Waals surface area contributed by atoms with Crippen LogP contribution in [0, 0.1) is 0 Å². The maximum Gasteiger partial charge on any atom is 0.119 e. The number of nitrogens with zero attached hydrogens (tertiary/aromatic N) is 1. The van der Waals surface area contributed by atoms with E-state index < -0.39 is 6.10 Å². The van der Waals surface area contributed by atoms with E-state index in [1.54, 1.807) is 0 Å². The van der Waals surface area contributed by atoms with E-state index in [1.165, 1.54) is 64.2 Å². The van der Waals surface area contributed by atoms with Gasteiger partial charge in [-0.1, -0.05) is 54.5 Å². The predicted molar refractivity (Wildman–Crippen MR) is 106 cm³/mol. The van der Waals surface area contributed by atoms with Crippen LogP contribution >= 0.6 is 15.9 Å². The molecule has 0 aromatic heterocycles. The van der Waals surface area contributed by atoms with Crippen molar-refractivity contribution in [1.82, 2.24) is 4.90 Å². The molecular formula is C21H32BrNO2. The lowest BCUT2D eigenvalue weighted by Gasteiger charge is -2.42. The summed E-state index contributed by atoms with van der Waals surface area (Å²) in [7, 11) is 0. The second kappa shape index (κ2) is 9.94. The first-order chi connectivity index (χ1) is 12.2. The van der Waals surface area contributed by atoms with Crippen LogP contribution < -0.4 is 4.74 Å². The Balaban J connectivity index is 1.55. The highest BCUT2D eigenvalue weighted by molar-refractivity contribution is 9.10. The Kier molecular flexibility index (Phi) is 7.63. The van der Waals surface area contributed by atoms with Crippen molar-refractivity contribution >= 4 is 15.9 Å². The highest BCUT2D eigenvalue weighted by atomic mass is 79.9. The summed E-state index contributed by atoms with van der Waals surface area (Å²) >= 11 is 3.43. The molecule has 1 aromatic carbocycles. The number of ether oxygens (including phenoxy) is 1. The molecule has 2 fully saturated rings. The lowest BCUT2D eigenvalue weighted by atomic mass is 9.88. The average Bonchev–Trinajstić information content (AvgIpc) is 2.67. The van der Waals surface area contributed by atoms with Gasteiger partial charge in [-0.05, 0) is 49.9 Å². The molecule has 2 saturated carbocycles. The van der Waals surface area contributed by atoms with Crippen LogP contribution in [0.4, 0.5) is 0 Å². The average molecular weight is 410 g/mol. The van der Waals surface area contributed by atoms with Crippen molar-refractivity contribution in [3.05, 3.63) is 28.7 Å². The molecule has 25 heavy (non-hydrogen) atoms. The van der Waals surface area contributed by atoms with Crippen LogP contribution in [0.5, 0.6) is 5.75 Å². The predicted octanol–water partition coefficient (Wildman–Crippen LogP) is 5.16. The summed E-state index contributed by atoms with van der Waals surface area (Å²) in [6, 6.07) is 9.16. The molecule has 3 nitrogen and oxygen atoms in total. The van der Waals surface area contributed by atoms with Gasteiger partial charge in [-0.3, -0.25) is 4.90 Å². The number of halogens is 1. The van der Waals surface area contributed by atoms with Crippen molar-refractivity contribution in [1.29, 1.82) is 0 Å². The topological polar surface area (TPSA) is 32.7 Å². The highest BCUT2D eigenvalue weighted by Crippen LogP contribution is 2.30. The first-order valence-electron chi connectivity index (χ1n) is 10.0. The van der Waals surface area contributed by atoms with Crippen LogP contribution in [-0.2, 0) is 0 Å². The molecule has 4 heteroatoms. The van der Waals surface area contributed by atoms with Crippen LogP contribution in [-0.4, -0.2) is 41.3 Å². The summed E-state index contributed by atoms with van der Waals surface area (Å²) in [5.41, 5.74) is 0. The fraction of sp³-hybridized carbons (Fsp3) is 0.714. The molecule has 1 aromatic rings. The quantitative estimate of drug-likeness (QED) is 0.674. The van der Waals surface area contributed by atoms with E-state index in [0.29, 0.717) is 18.7 Å². The van der Waals surface area contributed by atoms with Gasteiger partial charge in [0.25, 0.3) is 0 Å². The molecule has 0 unspecified atom stereocenters. The Labute approximate surface area is 160 Å². The molecular weight excluding hydrogens is 378 g/mol. The first kappa shape index (κ1) is 19.2. The Morgan fingerprint density at radius 1 is 0.920 bits per heavy atom. The van der Waals surface area contributed by atoms with Crippen LogP contribution in [0.25, 0.3) is 0 Å². The number of hydrogen-bond donors (Lipinski definition) is 1. The van der Waals surface area contributed by atoms with Gasteiger partial charge in [0.2, 0.25) is 0 Å². The van der Waals surface area contributed by atoms with E-state index >= 15 is 0 Å². The van der Waals surface area contributed by atoms with Gasteiger partial charge in [-0.15, -0.1) is 0 Å². The minimum atomic E-state index is -0.424. The molecule has 2 aliphatic rings. The standard InChI is InChI=1S/C21H32BrNO2/c22-17-11-13-21(14-12-17)25-16-20(24)15-23(18-7-3-1-4-8-18)19-9-5-2-6-10-19/h11-14,18-20,24H,1-10,15-16H2/t20-/m1/s1. The number of aliphatic hydroxyl groups excluding tert-OH is 1. The lowest BCUT2D eigenvalue weighted by molar-refractivity contribution is 0.0117. The third kappa shape index (κ3) is 5.97. The number of hydrogen-bond acceptors (Lipinski definition) is 3. The van der Waals surface area contributed by atoms with Crippen LogP contribution in [0.15, 0.2) is 28.7 Å². The minimum absolute atomic E-state index is 0.373. The summed E-state index contributed by atoms with van der Waals surface area (Å²) in [4.78, 5) is 2.65. The van der Waals surface area contributed by atoms with E-state index in [9.17, 15) is 5.11 Å². The smallest absolute Gasteiger partial charge is 0.119 e. The summed E-state index contributed by atoms with van der Waals surface area (Å²) in [5, 5.41) is 10.6. The van der Waals surface area contributed by atoms with Gasteiger partial charge in [0, 0.05) is 23.1 Å². The summed E-state index contributed by atoms with van der Waals surface area (Å²) < 4.78 is 6.84. The lowest BCUT2D eigenvalue weighted by Crippen LogP contribution is -2.49. The van der Waals surface area contributed by atoms with Crippen molar-refractivity contribution in [2.24, 2.45) is 0 Å². The number of benzene rings is 1. The molecule has 0 spiro atoms. The van der Waals surface area contributed by atoms with E-state index in [0.717, 1.165) is 16.8 Å². The zero-order valence-corrected chi connectivity index (χ0v) is 16.8. The third-order valence-corrected chi connectivity index (χ3v) is 6.29. The maximum atomic E-state index is 10.6. The number of aliphatic hydroxyl groups is 1. The van der Waals surface area contributed by atoms with Gasteiger partial charge in [0.05, 0.1) is 0 Å². The van der Waals surface area contributed by atoms with Crippen molar-refractivity contribution in [2.75, 3.05) is 13.2 Å². The van der Waals surface area contributed by atoms with Gasteiger partial charge in [0.15, 0.2) is 0 Å². The maximum absolute atomic E-state index is 10.6. The third-order valence-electron chi connectivity index (χ3n) is 5.77. The molecule has 2 aliphatic carbocycles. The van der Waals surface area contributed by atoms with E-state index in [-0.39, 0.29) is 0 Å². The van der Waals surface area contributed by atoms with Gasteiger partial charge in [-0.2, -0.15) is 0 Å². The minimum Gasteiger partial charge on any atom is -0.491 e. The molecule has 3 rings (SSSR count). The van der Waals surface area contributed by atoms with Crippen molar-refractivity contribution < 1.29 is 9.84 Å². The second-order valence-electron chi connectivity index (χ2n) is 7.70. The summed E-state index contributed by atoms with van der Waals surface area (Å²) in [6.07, 6.45) is 12.9. The monoisotopic (exact) mass is 409 g/mol. The molecule has 0 bridgehead atoms. The zero-order chi connectivity index (χ0) is 17.5. The molecule has 0 amide bonds. The molecule has 140 valence electrons. The highest BCUT2D eigenvalue weighted by Gasteiger charge is 2.30. The van der Waals surface area contributed by atoms with Crippen molar-refractivity contribution in [2.45, 2.75) is 82.4 Å². The Morgan fingerprint density at radius 3 is 1.96 bits per heavy atom. The SMILES string of the molecule is O[C@@H](COc1ccc(Br)cc1)CN(C1CCCCC1)C1CCCCC1.